The third-order valence-corrected chi connectivity index (χ3v) is 4.08. The van der Waals surface area contributed by atoms with Crippen molar-refractivity contribution in [3.63, 3.8) is 0 Å². The molecular formula is C18H21NO9. The van der Waals surface area contributed by atoms with Crippen LogP contribution in [0.5, 0.6) is 11.5 Å². The average Bonchev–Trinajstić information content (AvgIpc) is 3.13. The normalized spacial score (nSPS) is 12.8. The molecule has 1 N–H and O–H groups in total. The second kappa shape index (κ2) is 9.58. The molecule has 0 spiro atoms. The Morgan fingerprint density at radius 3 is 2.57 bits per heavy atom. The molecular weight excluding hydrogens is 374 g/mol. The van der Waals surface area contributed by atoms with E-state index in [1.54, 1.807) is 18.2 Å². The SMILES string of the molecule is CC(C(=O)c1ccc2c(c1)OCO2)N(C)C(=O)OCOC(=O)CCCC(=O)O. The number of rotatable bonds is 9. The summed E-state index contributed by atoms with van der Waals surface area (Å²) in [6.07, 6.45) is -0.973. The number of Topliss-reactive ketones (excluding diaryl/α,β-unsaturated/α-hetero) is 1. The molecule has 2 rings (SSSR count). The number of hydrogen-bond acceptors (Lipinski definition) is 8. The van der Waals surface area contributed by atoms with E-state index in [9.17, 15) is 19.2 Å². The minimum atomic E-state index is -1.01. The van der Waals surface area contributed by atoms with Gasteiger partial charge in [0.05, 0.1) is 6.04 Å². The number of benzene rings is 1. The lowest BCUT2D eigenvalue weighted by atomic mass is 10.0. The van der Waals surface area contributed by atoms with Crippen LogP contribution in [0.1, 0.15) is 36.5 Å². The first-order valence-corrected chi connectivity index (χ1v) is 8.50. The van der Waals surface area contributed by atoms with E-state index in [1.807, 2.05) is 0 Å². The molecule has 1 aliphatic rings. The zero-order valence-corrected chi connectivity index (χ0v) is 15.5. The second-order valence-corrected chi connectivity index (χ2v) is 6.01. The van der Waals surface area contributed by atoms with Crippen molar-refractivity contribution in [3.8, 4) is 11.5 Å². The number of carboxylic acids is 1. The first-order valence-electron chi connectivity index (χ1n) is 8.50. The van der Waals surface area contributed by atoms with Gasteiger partial charge in [0.1, 0.15) is 0 Å². The molecule has 0 aromatic heterocycles. The number of nitrogens with zero attached hydrogens (tertiary/aromatic N) is 1. The first kappa shape index (κ1) is 21.0. The molecule has 0 saturated heterocycles. The fourth-order valence-electron chi connectivity index (χ4n) is 2.33. The molecule has 0 fully saturated rings. The topological polar surface area (TPSA) is 129 Å². The summed E-state index contributed by atoms with van der Waals surface area (Å²) < 4.78 is 19.9. The Balaban J connectivity index is 1.79. The number of esters is 1. The number of carbonyl (C=O) groups is 4. The van der Waals surface area contributed by atoms with Gasteiger partial charge >= 0.3 is 18.0 Å². The van der Waals surface area contributed by atoms with E-state index in [0.717, 1.165) is 4.90 Å². The molecule has 1 atom stereocenters. The number of carbonyl (C=O) groups excluding carboxylic acids is 3. The van der Waals surface area contributed by atoms with E-state index < -0.39 is 30.9 Å². The van der Waals surface area contributed by atoms with E-state index >= 15 is 0 Å². The maximum atomic E-state index is 12.6. The minimum absolute atomic E-state index is 0.0871. The van der Waals surface area contributed by atoms with Crippen LogP contribution in [0.15, 0.2) is 18.2 Å². The van der Waals surface area contributed by atoms with Crippen LogP contribution in [-0.4, -0.2) is 60.5 Å². The van der Waals surface area contributed by atoms with Crippen LogP contribution in [0.4, 0.5) is 4.79 Å². The van der Waals surface area contributed by atoms with Gasteiger partial charge in [0.15, 0.2) is 17.3 Å². The van der Waals surface area contributed by atoms with Gasteiger partial charge in [-0.15, -0.1) is 0 Å². The van der Waals surface area contributed by atoms with Crippen molar-refractivity contribution in [3.05, 3.63) is 23.8 Å². The van der Waals surface area contributed by atoms with Crippen LogP contribution < -0.4 is 9.47 Å². The maximum absolute atomic E-state index is 12.6. The summed E-state index contributed by atoms with van der Waals surface area (Å²) in [6.45, 7) is 0.996. The summed E-state index contributed by atoms with van der Waals surface area (Å²) in [6, 6.07) is 3.90. The van der Waals surface area contributed by atoms with E-state index in [1.165, 1.54) is 14.0 Å². The quantitative estimate of drug-likeness (QED) is 0.378. The Bertz CT molecular complexity index is 761. The van der Waals surface area contributed by atoms with Gasteiger partial charge in [-0.1, -0.05) is 0 Å². The number of ketones is 1. The molecule has 1 aromatic rings. The predicted octanol–water partition coefficient (Wildman–Crippen LogP) is 1.81. The van der Waals surface area contributed by atoms with Gasteiger partial charge in [-0.25, -0.2) is 4.79 Å². The average molecular weight is 395 g/mol. The maximum Gasteiger partial charge on any atom is 0.413 e. The van der Waals surface area contributed by atoms with Gasteiger partial charge in [0.25, 0.3) is 0 Å². The zero-order chi connectivity index (χ0) is 20.7. The predicted molar refractivity (Wildman–Crippen MR) is 93.0 cm³/mol. The van der Waals surface area contributed by atoms with Crippen LogP contribution in [0.2, 0.25) is 0 Å². The number of amides is 1. The van der Waals surface area contributed by atoms with Crippen molar-refractivity contribution < 1.29 is 43.2 Å². The van der Waals surface area contributed by atoms with Crippen molar-refractivity contribution in [2.75, 3.05) is 20.6 Å². The summed E-state index contributed by atoms with van der Waals surface area (Å²) in [5.74, 6) is -1.02. The highest BCUT2D eigenvalue weighted by Crippen LogP contribution is 2.32. The van der Waals surface area contributed by atoms with E-state index in [2.05, 4.69) is 0 Å². The van der Waals surface area contributed by atoms with Crippen LogP contribution in [-0.2, 0) is 19.1 Å². The van der Waals surface area contributed by atoms with E-state index in [0.29, 0.717) is 17.1 Å². The molecule has 1 aromatic carbocycles. The Morgan fingerprint density at radius 2 is 1.86 bits per heavy atom. The number of carboxylic acid groups (broad SMARTS) is 1. The molecule has 1 amide bonds. The Labute approximate surface area is 160 Å². The zero-order valence-electron chi connectivity index (χ0n) is 15.5. The molecule has 28 heavy (non-hydrogen) atoms. The van der Waals surface area contributed by atoms with Crippen LogP contribution in [0.25, 0.3) is 0 Å². The van der Waals surface area contributed by atoms with Crippen LogP contribution in [0, 0.1) is 0 Å². The molecule has 0 aliphatic carbocycles. The standard InChI is InChI=1S/C18H21NO9/c1-11(17(23)12-6-7-13-14(8-12)26-9-25-13)19(2)18(24)28-10-27-16(22)5-3-4-15(20)21/h6-8,11H,3-5,9-10H2,1-2H3,(H,20,21). The van der Waals surface area contributed by atoms with Gasteiger partial charge in [-0.2, -0.15) is 0 Å². The van der Waals surface area contributed by atoms with Gasteiger partial charge in [-0.05, 0) is 31.5 Å². The van der Waals surface area contributed by atoms with Gasteiger partial charge in [-0.3, -0.25) is 14.4 Å². The highest BCUT2D eigenvalue weighted by Gasteiger charge is 2.26. The smallest absolute Gasteiger partial charge is 0.413 e. The Hall–Kier alpha value is -3.30. The van der Waals surface area contributed by atoms with Crippen molar-refractivity contribution in [1.29, 1.82) is 0 Å². The number of aliphatic carboxylic acids is 1. The molecule has 0 saturated carbocycles. The molecule has 10 heteroatoms. The number of likely N-dealkylation sites (N-methyl/N-ethyl adjacent to an activating group) is 1. The lowest BCUT2D eigenvalue weighted by molar-refractivity contribution is -0.152. The summed E-state index contributed by atoms with van der Waals surface area (Å²) in [5, 5.41) is 8.49. The third kappa shape index (κ3) is 5.60. The third-order valence-electron chi connectivity index (χ3n) is 4.08. The van der Waals surface area contributed by atoms with Crippen molar-refractivity contribution >= 4 is 23.8 Å². The summed E-state index contributed by atoms with van der Waals surface area (Å²) in [5.41, 5.74) is 0.348. The fourth-order valence-corrected chi connectivity index (χ4v) is 2.33. The number of fused-ring (bicyclic) bond motifs is 1. The van der Waals surface area contributed by atoms with Crippen LogP contribution in [0.3, 0.4) is 0 Å². The lowest BCUT2D eigenvalue weighted by Crippen LogP contribution is -2.41. The van der Waals surface area contributed by atoms with Crippen LogP contribution >= 0.6 is 0 Å². The Morgan fingerprint density at radius 1 is 1.14 bits per heavy atom. The second-order valence-electron chi connectivity index (χ2n) is 6.01. The highest BCUT2D eigenvalue weighted by molar-refractivity contribution is 6.01. The minimum Gasteiger partial charge on any atom is -0.481 e. The molecule has 152 valence electrons. The van der Waals surface area contributed by atoms with Gasteiger partial charge in [0.2, 0.25) is 13.6 Å². The van der Waals surface area contributed by atoms with E-state index in [4.69, 9.17) is 24.1 Å². The van der Waals surface area contributed by atoms with Crippen molar-refractivity contribution in [1.82, 2.24) is 4.90 Å². The fraction of sp³-hybridized carbons (Fsp3) is 0.444. The summed E-state index contributed by atoms with van der Waals surface area (Å²) >= 11 is 0. The molecule has 10 nitrogen and oxygen atoms in total. The van der Waals surface area contributed by atoms with Crippen molar-refractivity contribution in [2.45, 2.75) is 32.2 Å². The lowest BCUT2D eigenvalue weighted by Gasteiger charge is -2.23. The molecule has 1 unspecified atom stereocenters. The van der Waals surface area contributed by atoms with Gasteiger partial charge in [0, 0.05) is 25.5 Å². The first-order chi connectivity index (χ1) is 13.3. The highest BCUT2D eigenvalue weighted by atomic mass is 16.7. The Kier molecular flexibility index (Phi) is 7.19. The number of hydrogen-bond donors (Lipinski definition) is 1. The molecule has 0 radical (unpaired) electrons. The summed E-state index contributed by atoms with van der Waals surface area (Å²) in [4.78, 5) is 47.4. The molecule has 1 heterocycles. The number of ether oxygens (including phenoxy) is 4. The van der Waals surface area contributed by atoms with Gasteiger partial charge < -0.3 is 29.0 Å². The largest absolute Gasteiger partial charge is 0.481 e. The molecule has 1 aliphatic heterocycles. The monoisotopic (exact) mass is 395 g/mol. The van der Waals surface area contributed by atoms with E-state index in [-0.39, 0.29) is 31.8 Å². The van der Waals surface area contributed by atoms with Crippen molar-refractivity contribution in [2.24, 2.45) is 0 Å². The molecule has 0 bridgehead atoms. The summed E-state index contributed by atoms with van der Waals surface area (Å²) in [7, 11) is 1.38.